The lowest BCUT2D eigenvalue weighted by Crippen LogP contribution is -2.21. The molecule has 208 valence electrons. The van der Waals surface area contributed by atoms with Crippen molar-refractivity contribution in [1.29, 1.82) is 0 Å². The lowest BCUT2D eigenvalue weighted by atomic mass is 9.96. The Balaban J connectivity index is 1.93. The summed E-state index contributed by atoms with van der Waals surface area (Å²) in [5.41, 5.74) is 2.71. The summed E-state index contributed by atoms with van der Waals surface area (Å²) in [6.07, 6.45) is 1.75. The van der Waals surface area contributed by atoms with Gasteiger partial charge in [0.1, 0.15) is 5.75 Å². The Morgan fingerprint density at radius 3 is 2.55 bits per heavy atom. The van der Waals surface area contributed by atoms with Crippen LogP contribution in [-0.2, 0) is 0 Å². The highest BCUT2D eigenvalue weighted by atomic mass is 35.5. The number of hydrogen-bond acceptors (Lipinski definition) is 7. The molecular formula is C30H31ClN4O5. The fourth-order valence-corrected chi connectivity index (χ4v) is 4.57. The number of ether oxygens (including phenoxy) is 2. The van der Waals surface area contributed by atoms with Gasteiger partial charge in [0, 0.05) is 17.2 Å². The predicted octanol–water partition coefficient (Wildman–Crippen LogP) is 7.13. The van der Waals surface area contributed by atoms with Crippen LogP contribution in [-0.4, -0.2) is 34.0 Å². The number of aromatic nitrogens is 2. The van der Waals surface area contributed by atoms with Crippen molar-refractivity contribution in [2.45, 2.75) is 53.1 Å². The standard InChI is InChI=1S/C30H31ClN4O5/c1-7-19(5)40-28-24(31)13-20(14-26(28)35(37)38)16-32-34-29(33-25-11-9-8-10-21(25)30(34)36)23-15-22(17(2)3)27(39-6)12-18(23)4/h8-17,19H,7H2,1-6H3/t19-/m1/s1. The van der Waals surface area contributed by atoms with Crippen LogP contribution in [0, 0.1) is 17.0 Å². The van der Waals surface area contributed by atoms with Crippen LogP contribution in [0.4, 0.5) is 5.69 Å². The van der Waals surface area contributed by atoms with E-state index in [1.807, 2.05) is 39.0 Å². The van der Waals surface area contributed by atoms with Gasteiger partial charge in [-0.05, 0) is 67.6 Å². The van der Waals surface area contributed by atoms with Crippen molar-refractivity contribution in [3.8, 4) is 22.9 Å². The van der Waals surface area contributed by atoms with Crippen LogP contribution in [0.5, 0.6) is 11.5 Å². The number of hydrogen-bond donors (Lipinski definition) is 0. The van der Waals surface area contributed by atoms with Crippen LogP contribution in [0.3, 0.4) is 0 Å². The van der Waals surface area contributed by atoms with E-state index in [0.717, 1.165) is 16.9 Å². The smallest absolute Gasteiger partial charge is 0.313 e. The summed E-state index contributed by atoms with van der Waals surface area (Å²) in [7, 11) is 1.62. The molecule has 1 aromatic heterocycles. The van der Waals surface area contributed by atoms with Gasteiger partial charge in [-0.15, -0.1) is 0 Å². The number of nitrogens with zero attached hydrogens (tertiary/aromatic N) is 4. The van der Waals surface area contributed by atoms with Crippen LogP contribution in [0.2, 0.25) is 5.02 Å². The number of para-hydroxylation sites is 1. The van der Waals surface area contributed by atoms with Crippen molar-refractivity contribution in [2.24, 2.45) is 5.10 Å². The molecule has 0 N–H and O–H groups in total. The van der Waals surface area contributed by atoms with Crippen LogP contribution in [0.15, 0.2) is 58.4 Å². The molecule has 10 heteroatoms. The molecule has 3 aromatic carbocycles. The molecule has 1 heterocycles. The molecule has 0 amide bonds. The number of benzene rings is 3. The van der Waals surface area contributed by atoms with Gasteiger partial charge in [0.15, 0.2) is 5.82 Å². The normalized spacial score (nSPS) is 12.3. The lowest BCUT2D eigenvalue weighted by molar-refractivity contribution is -0.386. The van der Waals surface area contributed by atoms with Crippen molar-refractivity contribution in [1.82, 2.24) is 9.66 Å². The highest BCUT2D eigenvalue weighted by molar-refractivity contribution is 6.32. The third kappa shape index (κ3) is 5.70. The van der Waals surface area contributed by atoms with Crippen LogP contribution < -0.4 is 15.0 Å². The molecule has 9 nitrogen and oxygen atoms in total. The maximum Gasteiger partial charge on any atom is 0.313 e. The summed E-state index contributed by atoms with van der Waals surface area (Å²) in [6, 6.07) is 13.7. The second-order valence-electron chi connectivity index (χ2n) is 9.82. The van der Waals surface area contributed by atoms with Gasteiger partial charge in [0.25, 0.3) is 5.56 Å². The number of aryl methyl sites for hydroxylation is 1. The first-order chi connectivity index (χ1) is 19.0. The molecule has 0 unspecified atom stereocenters. The number of nitro groups is 1. The van der Waals surface area contributed by atoms with Gasteiger partial charge in [-0.2, -0.15) is 9.78 Å². The predicted molar refractivity (Wildman–Crippen MR) is 158 cm³/mol. The number of rotatable bonds is 9. The van der Waals surface area contributed by atoms with E-state index in [1.165, 1.54) is 23.0 Å². The minimum absolute atomic E-state index is 0.00142. The molecule has 0 bridgehead atoms. The maximum absolute atomic E-state index is 13.7. The summed E-state index contributed by atoms with van der Waals surface area (Å²) in [5, 5.41) is 16.8. The minimum Gasteiger partial charge on any atom is -0.496 e. The second-order valence-corrected chi connectivity index (χ2v) is 10.2. The zero-order valence-corrected chi connectivity index (χ0v) is 24.0. The number of methoxy groups -OCH3 is 1. The number of nitro benzene ring substituents is 1. The summed E-state index contributed by atoms with van der Waals surface area (Å²) in [4.78, 5) is 29.8. The Morgan fingerprint density at radius 1 is 1.18 bits per heavy atom. The van der Waals surface area contributed by atoms with Gasteiger partial charge in [-0.3, -0.25) is 14.9 Å². The van der Waals surface area contributed by atoms with Crippen LogP contribution in [0.1, 0.15) is 56.7 Å². The van der Waals surface area contributed by atoms with Gasteiger partial charge < -0.3 is 9.47 Å². The molecule has 4 rings (SSSR count). The fourth-order valence-electron chi connectivity index (χ4n) is 4.31. The lowest BCUT2D eigenvalue weighted by Gasteiger charge is -2.17. The van der Waals surface area contributed by atoms with Gasteiger partial charge in [0.05, 0.1) is 40.3 Å². The van der Waals surface area contributed by atoms with E-state index in [0.29, 0.717) is 34.3 Å². The third-order valence-electron chi connectivity index (χ3n) is 6.65. The van der Waals surface area contributed by atoms with Crippen molar-refractivity contribution in [2.75, 3.05) is 7.11 Å². The molecule has 0 spiro atoms. The SMILES string of the molecule is CC[C@@H](C)Oc1c(Cl)cc(C=Nn2c(-c3cc(C(C)C)c(OC)cc3C)nc3ccccc3c2=O)cc1[N+](=O)[O-]. The molecule has 0 saturated carbocycles. The summed E-state index contributed by atoms with van der Waals surface area (Å²) in [5.74, 6) is 1.23. The summed E-state index contributed by atoms with van der Waals surface area (Å²) >= 11 is 6.41. The van der Waals surface area contributed by atoms with Gasteiger partial charge in [-0.1, -0.05) is 44.5 Å². The molecule has 1 atom stereocenters. The molecule has 0 radical (unpaired) electrons. The van der Waals surface area contributed by atoms with E-state index in [4.69, 9.17) is 26.1 Å². The van der Waals surface area contributed by atoms with E-state index < -0.39 is 4.92 Å². The van der Waals surface area contributed by atoms with Crippen LogP contribution in [0.25, 0.3) is 22.3 Å². The molecule has 4 aromatic rings. The Hall–Kier alpha value is -4.24. The van der Waals surface area contributed by atoms with Gasteiger partial charge in [0.2, 0.25) is 5.75 Å². The molecule has 0 aliphatic heterocycles. The summed E-state index contributed by atoms with van der Waals surface area (Å²) < 4.78 is 12.5. The first kappa shape index (κ1) is 28.8. The average molecular weight is 563 g/mol. The Kier molecular flexibility index (Phi) is 8.54. The molecule has 0 aliphatic rings. The van der Waals surface area contributed by atoms with E-state index >= 15 is 0 Å². The van der Waals surface area contributed by atoms with E-state index in [9.17, 15) is 14.9 Å². The zero-order valence-electron chi connectivity index (χ0n) is 23.3. The molecule has 0 fully saturated rings. The quantitative estimate of drug-likeness (QED) is 0.122. The average Bonchev–Trinajstić information content (AvgIpc) is 2.93. The second kappa shape index (κ2) is 11.9. The van der Waals surface area contributed by atoms with Crippen LogP contribution >= 0.6 is 11.6 Å². The number of fused-ring (bicyclic) bond motifs is 1. The van der Waals surface area contributed by atoms with Gasteiger partial charge >= 0.3 is 5.69 Å². The molecular weight excluding hydrogens is 532 g/mol. The highest BCUT2D eigenvalue weighted by Crippen LogP contribution is 2.37. The maximum atomic E-state index is 13.7. The topological polar surface area (TPSA) is 109 Å². The molecule has 40 heavy (non-hydrogen) atoms. The van der Waals surface area contributed by atoms with E-state index in [-0.39, 0.29) is 34.0 Å². The van der Waals surface area contributed by atoms with Crippen molar-refractivity contribution in [3.63, 3.8) is 0 Å². The van der Waals surface area contributed by atoms with Gasteiger partial charge in [-0.25, -0.2) is 4.98 Å². The molecule has 0 aliphatic carbocycles. The largest absolute Gasteiger partial charge is 0.496 e. The Bertz CT molecular complexity index is 1680. The monoisotopic (exact) mass is 562 g/mol. The highest BCUT2D eigenvalue weighted by Gasteiger charge is 2.22. The third-order valence-corrected chi connectivity index (χ3v) is 6.93. The first-order valence-electron chi connectivity index (χ1n) is 12.9. The zero-order chi connectivity index (χ0) is 29.1. The van der Waals surface area contributed by atoms with E-state index in [2.05, 4.69) is 18.9 Å². The van der Waals surface area contributed by atoms with Crippen molar-refractivity contribution >= 4 is 34.4 Å². The molecule has 0 saturated heterocycles. The Morgan fingerprint density at radius 2 is 1.90 bits per heavy atom. The number of halogens is 1. The summed E-state index contributed by atoms with van der Waals surface area (Å²) in [6.45, 7) is 9.74. The van der Waals surface area contributed by atoms with Crippen molar-refractivity contribution in [3.05, 3.63) is 90.7 Å². The minimum atomic E-state index is -0.551. The first-order valence-corrected chi connectivity index (χ1v) is 13.3. The fraction of sp³-hybridized carbons (Fsp3) is 0.300. The van der Waals surface area contributed by atoms with E-state index in [1.54, 1.807) is 25.3 Å². The van der Waals surface area contributed by atoms with Crippen molar-refractivity contribution < 1.29 is 14.4 Å². The Labute approximate surface area is 237 Å².